The van der Waals surface area contributed by atoms with Crippen LogP contribution in [0.2, 0.25) is 0 Å². The second kappa shape index (κ2) is 9.72. The average Bonchev–Trinajstić information content (AvgIpc) is 2.69. The number of carbonyl (C=O) groups excluding carboxylic acids is 1. The number of alkyl halides is 3. The van der Waals surface area contributed by atoms with Gasteiger partial charge in [0.15, 0.2) is 5.71 Å². The summed E-state index contributed by atoms with van der Waals surface area (Å²) in [5.74, 6) is -0.457. The van der Waals surface area contributed by atoms with Crippen LogP contribution in [-0.2, 0) is 27.3 Å². The van der Waals surface area contributed by atoms with E-state index in [1.54, 1.807) is 25.1 Å². The Balaban J connectivity index is 2.26. The van der Waals surface area contributed by atoms with Crippen molar-refractivity contribution in [3.63, 3.8) is 0 Å². The molecule has 0 fully saturated rings. The lowest BCUT2D eigenvalue weighted by Crippen LogP contribution is -2.29. The molecule has 0 aliphatic rings. The maximum atomic E-state index is 13.0. The molecule has 0 atom stereocenters. The first kappa shape index (κ1) is 21.9. The van der Waals surface area contributed by atoms with E-state index < -0.39 is 17.6 Å². The Hall–Kier alpha value is -3.36. The van der Waals surface area contributed by atoms with Crippen LogP contribution in [0, 0.1) is 6.92 Å². The Kier molecular flexibility index (Phi) is 7.35. The monoisotopic (exact) mass is 407 g/mol. The van der Waals surface area contributed by atoms with Gasteiger partial charge < -0.3 is 15.0 Å². The molecule has 0 radical (unpaired) electrons. The van der Waals surface area contributed by atoms with Gasteiger partial charge in [-0.2, -0.15) is 13.2 Å². The number of nitrogens with zero attached hydrogens (tertiary/aromatic N) is 2. The molecule has 0 saturated heterocycles. The van der Waals surface area contributed by atoms with Gasteiger partial charge in [-0.25, -0.2) is 0 Å². The summed E-state index contributed by atoms with van der Waals surface area (Å²) < 4.78 is 39.1. The van der Waals surface area contributed by atoms with E-state index in [9.17, 15) is 18.0 Å². The highest BCUT2D eigenvalue weighted by Crippen LogP contribution is 2.31. The van der Waals surface area contributed by atoms with Gasteiger partial charge in [0, 0.05) is 23.7 Å². The summed E-state index contributed by atoms with van der Waals surface area (Å²) in [5, 5.41) is 9.91. The van der Waals surface area contributed by atoms with Crippen molar-refractivity contribution in [3.05, 3.63) is 70.3 Å². The normalized spacial score (nSPS) is 12.1. The van der Waals surface area contributed by atoms with Gasteiger partial charge in [0.05, 0.1) is 11.8 Å². The molecule has 0 aliphatic heterocycles. The van der Waals surface area contributed by atoms with E-state index >= 15 is 0 Å². The first-order chi connectivity index (χ1) is 13.8. The fourth-order valence-corrected chi connectivity index (χ4v) is 2.60. The standard InChI is InChI=1S/C20H20F3N3O3/c1-13-7-6-9-15(18(26-28-3)19(27)24-2)16(13)12-29-25-11-14-8-4-5-10-17(14)20(21,22)23/h4-11H,12H2,1-3H3,(H,24,27)/b25-11+,26-18+. The zero-order valence-electron chi connectivity index (χ0n) is 16.1. The quantitative estimate of drug-likeness (QED) is 0.562. The number of oxime groups is 2. The number of carbonyl (C=O) groups is 1. The minimum Gasteiger partial charge on any atom is -0.398 e. The molecule has 2 rings (SSSR count). The van der Waals surface area contributed by atoms with Crippen molar-refractivity contribution in [3.8, 4) is 0 Å². The molecule has 9 heteroatoms. The van der Waals surface area contributed by atoms with Crippen molar-refractivity contribution in [1.82, 2.24) is 5.32 Å². The maximum Gasteiger partial charge on any atom is 0.417 e. The minimum atomic E-state index is -4.50. The number of likely N-dealkylation sites (N-methyl/N-ethyl adjacent to an activating group) is 1. The number of benzene rings is 2. The van der Waals surface area contributed by atoms with E-state index in [0.717, 1.165) is 17.8 Å². The highest BCUT2D eigenvalue weighted by Gasteiger charge is 2.32. The number of aryl methyl sites for hydroxylation is 1. The lowest BCUT2D eigenvalue weighted by molar-refractivity contribution is -0.137. The predicted molar refractivity (Wildman–Crippen MR) is 103 cm³/mol. The number of hydrogen-bond donors (Lipinski definition) is 1. The van der Waals surface area contributed by atoms with Gasteiger partial charge in [-0.15, -0.1) is 0 Å². The highest BCUT2D eigenvalue weighted by atomic mass is 19.4. The zero-order valence-corrected chi connectivity index (χ0v) is 16.1. The molecule has 29 heavy (non-hydrogen) atoms. The largest absolute Gasteiger partial charge is 0.417 e. The van der Waals surface area contributed by atoms with Crippen molar-refractivity contribution in [2.45, 2.75) is 19.7 Å². The van der Waals surface area contributed by atoms with Crippen LogP contribution < -0.4 is 5.32 Å². The van der Waals surface area contributed by atoms with Crippen molar-refractivity contribution >= 4 is 17.8 Å². The van der Waals surface area contributed by atoms with Gasteiger partial charge in [-0.3, -0.25) is 4.79 Å². The smallest absolute Gasteiger partial charge is 0.398 e. The van der Waals surface area contributed by atoms with Gasteiger partial charge in [-0.05, 0) is 18.6 Å². The summed E-state index contributed by atoms with van der Waals surface area (Å²) in [6.45, 7) is 1.73. The number of rotatable bonds is 7. The highest BCUT2D eigenvalue weighted by molar-refractivity contribution is 6.45. The maximum absolute atomic E-state index is 13.0. The Morgan fingerprint density at radius 2 is 1.90 bits per heavy atom. The van der Waals surface area contributed by atoms with Crippen LogP contribution in [-0.4, -0.2) is 32.0 Å². The van der Waals surface area contributed by atoms with E-state index in [1.165, 1.54) is 32.4 Å². The lowest BCUT2D eigenvalue weighted by atomic mass is 9.98. The first-order valence-corrected chi connectivity index (χ1v) is 8.53. The zero-order chi connectivity index (χ0) is 21.4. The molecule has 0 spiro atoms. The van der Waals surface area contributed by atoms with Crippen LogP contribution >= 0.6 is 0 Å². The fourth-order valence-electron chi connectivity index (χ4n) is 2.60. The third kappa shape index (κ3) is 5.56. The van der Waals surface area contributed by atoms with E-state index in [1.807, 2.05) is 0 Å². The minimum absolute atomic E-state index is 0.0451. The molecule has 0 bridgehead atoms. The molecular formula is C20H20F3N3O3. The molecule has 2 aromatic carbocycles. The number of amides is 1. The van der Waals surface area contributed by atoms with Gasteiger partial charge in [0.2, 0.25) is 0 Å². The van der Waals surface area contributed by atoms with Crippen LogP contribution in [0.4, 0.5) is 13.2 Å². The third-order valence-corrected chi connectivity index (χ3v) is 4.03. The Morgan fingerprint density at radius 3 is 2.55 bits per heavy atom. The van der Waals surface area contributed by atoms with E-state index in [4.69, 9.17) is 9.68 Å². The van der Waals surface area contributed by atoms with Gasteiger partial charge >= 0.3 is 6.18 Å². The summed E-state index contributed by atoms with van der Waals surface area (Å²) >= 11 is 0. The van der Waals surface area contributed by atoms with Crippen LogP contribution in [0.3, 0.4) is 0 Å². The lowest BCUT2D eigenvalue weighted by Gasteiger charge is -2.13. The molecule has 2 aromatic rings. The number of hydrogen-bond acceptors (Lipinski definition) is 5. The van der Waals surface area contributed by atoms with Crippen LogP contribution in [0.5, 0.6) is 0 Å². The molecule has 1 N–H and O–H groups in total. The molecule has 1 amide bonds. The summed E-state index contributed by atoms with van der Waals surface area (Å²) in [7, 11) is 2.78. The summed E-state index contributed by atoms with van der Waals surface area (Å²) in [4.78, 5) is 22.1. The summed E-state index contributed by atoms with van der Waals surface area (Å²) in [6.07, 6.45) is -3.49. The van der Waals surface area contributed by atoms with Crippen LogP contribution in [0.15, 0.2) is 52.8 Å². The molecule has 0 heterocycles. The summed E-state index contributed by atoms with van der Waals surface area (Å²) in [6, 6.07) is 10.3. The van der Waals surface area contributed by atoms with Crippen molar-refractivity contribution in [1.29, 1.82) is 0 Å². The second-order valence-electron chi connectivity index (χ2n) is 5.90. The third-order valence-electron chi connectivity index (χ3n) is 4.03. The van der Waals surface area contributed by atoms with E-state index in [-0.39, 0.29) is 17.9 Å². The number of nitrogens with one attached hydrogen (secondary N) is 1. The molecule has 0 aliphatic carbocycles. The number of halogens is 3. The SMILES string of the molecule is CNC(=O)/C(=N/OC)c1cccc(C)c1CO/N=C/c1ccccc1C(F)(F)F. The Labute approximate surface area is 166 Å². The molecule has 0 unspecified atom stereocenters. The Bertz CT molecular complexity index is 925. The molecule has 0 saturated carbocycles. The first-order valence-electron chi connectivity index (χ1n) is 8.53. The van der Waals surface area contributed by atoms with Gasteiger partial charge in [0.1, 0.15) is 13.7 Å². The van der Waals surface area contributed by atoms with Crippen molar-refractivity contribution in [2.24, 2.45) is 10.3 Å². The van der Waals surface area contributed by atoms with Crippen molar-refractivity contribution < 1.29 is 27.6 Å². The van der Waals surface area contributed by atoms with Crippen molar-refractivity contribution in [2.75, 3.05) is 14.2 Å². The Morgan fingerprint density at radius 1 is 1.17 bits per heavy atom. The topological polar surface area (TPSA) is 72.3 Å². The predicted octanol–water partition coefficient (Wildman–Crippen LogP) is 3.66. The van der Waals surface area contributed by atoms with Crippen LogP contribution in [0.25, 0.3) is 0 Å². The van der Waals surface area contributed by atoms with Gasteiger partial charge in [0.25, 0.3) is 5.91 Å². The second-order valence-corrected chi connectivity index (χ2v) is 5.90. The molecule has 6 nitrogen and oxygen atoms in total. The summed E-state index contributed by atoms with van der Waals surface area (Å²) in [5.41, 5.74) is 0.991. The van der Waals surface area contributed by atoms with E-state index in [0.29, 0.717) is 11.1 Å². The molecule has 154 valence electrons. The molecule has 0 aromatic heterocycles. The average molecular weight is 407 g/mol. The van der Waals surface area contributed by atoms with Crippen LogP contribution in [0.1, 0.15) is 27.8 Å². The fraction of sp³-hybridized carbons (Fsp3) is 0.250. The van der Waals surface area contributed by atoms with Gasteiger partial charge in [-0.1, -0.05) is 46.7 Å². The molecular weight excluding hydrogens is 387 g/mol. The van der Waals surface area contributed by atoms with E-state index in [2.05, 4.69) is 15.6 Å².